The molecule has 0 aliphatic heterocycles. The summed E-state index contributed by atoms with van der Waals surface area (Å²) in [5.41, 5.74) is 0.854. The van der Waals surface area contributed by atoms with E-state index < -0.39 is 13.3 Å². The van der Waals surface area contributed by atoms with E-state index in [1.54, 1.807) is 36.4 Å². The highest BCUT2D eigenvalue weighted by Gasteiger charge is 2.24. The summed E-state index contributed by atoms with van der Waals surface area (Å²) in [6.07, 6.45) is 0. The largest absolute Gasteiger partial charge is 0.274 e. The zero-order chi connectivity index (χ0) is 13.8. The minimum Gasteiger partial charge on any atom is -0.207 e. The third-order valence-electron chi connectivity index (χ3n) is 2.92. The highest BCUT2D eigenvalue weighted by atomic mass is 35.7. The minimum atomic E-state index is -1.65. The first-order valence-electron chi connectivity index (χ1n) is 5.75. The fourth-order valence-electron chi connectivity index (χ4n) is 2.06. The maximum absolute atomic E-state index is 13.9. The Hall–Kier alpha value is -0.903. The predicted octanol–water partition coefficient (Wildman–Crippen LogP) is 5.06. The highest BCUT2D eigenvalue weighted by molar-refractivity contribution is 7.33. The van der Waals surface area contributed by atoms with Crippen molar-refractivity contribution in [1.29, 1.82) is 0 Å². The third kappa shape index (κ3) is 3.56. The van der Waals surface area contributed by atoms with Gasteiger partial charge in [0, 0.05) is 5.92 Å². The molecule has 0 unspecified atom stereocenters. The first-order chi connectivity index (χ1) is 9.09. The summed E-state index contributed by atoms with van der Waals surface area (Å²) in [6, 6.07) is 13.0. The van der Waals surface area contributed by atoms with Crippen molar-refractivity contribution in [3.8, 4) is 0 Å². The zero-order valence-corrected chi connectivity index (χ0v) is 12.4. The van der Waals surface area contributed by atoms with Crippen LogP contribution < -0.4 is 0 Å². The van der Waals surface area contributed by atoms with Gasteiger partial charge in [0.2, 0.25) is 0 Å². The summed E-state index contributed by atoms with van der Waals surface area (Å²) in [5, 5.41) is 0. The Morgan fingerprint density at radius 1 is 0.842 bits per heavy atom. The van der Waals surface area contributed by atoms with Gasteiger partial charge in [-0.15, -0.1) is 22.2 Å². The van der Waals surface area contributed by atoms with E-state index in [-0.39, 0.29) is 11.6 Å². The molecule has 2 rings (SSSR count). The topological polar surface area (TPSA) is 0 Å². The molecule has 99 valence electrons. The smallest absolute Gasteiger partial charge is 0.207 e. The van der Waals surface area contributed by atoms with Crippen molar-refractivity contribution in [3.63, 3.8) is 0 Å². The van der Waals surface area contributed by atoms with Crippen LogP contribution in [0.25, 0.3) is 0 Å². The van der Waals surface area contributed by atoms with Gasteiger partial charge in [-0.25, -0.2) is 8.78 Å². The van der Waals surface area contributed by atoms with E-state index in [2.05, 4.69) is 0 Å². The predicted molar refractivity (Wildman–Crippen MR) is 76.9 cm³/mol. The maximum atomic E-state index is 13.9. The van der Waals surface area contributed by atoms with Crippen molar-refractivity contribution in [1.82, 2.24) is 0 Å². The number of hydrogen-bond acceptors (Lipinski definition) is 0. The van der Waals surface area contributed by atoms with E-state index in [0.717, 1.165) is 0 Å². The van der Waals surface area contributed by atoms with Crippen LogP contribution >= 0.6 is 22.2 Å². The molecule has 5 heteroatoms. The van der Waals surface area contributed by atoms with Crippen molar-refractivity contribution in [2.24, 2.45) is 0 Å². The Labute approximate surface area is 122 Å². The molecule has 0 aromatic heterocycles. The Morgan fingerprint density at radius 2 is 1.26 bits per heavy atom. The third-order valence-corrected chi connectivity index (χ3v) is 4.56. The molecular weight excluding hydrogens is 305 g/mol. The van der Waals surface area contributed by atoms with Crippen molar-refractivity contribution in [2.45, 2.75) is 12.0 Å². The molecule has 0 atom stereocenters. The van der Waals surface area contributed by atoms with Gasteiger partial charge in [-0.1, -0.05) is 36.4 Å². The summed E-state index contributed by atoms with van der Waals surface area (Å²) in [7, 11) is -1.65. The van der Waals surface area contributed by atoms with E-state index in [9.17, 15) is 8.78 Å². The fraction of sp³-hybridized carbons (Fsp3) is 0.143. The molecule has 0 saturated carbocycles. The van der Waals surface area contributed by atoms with Gasteiger partial charge in [-0.2, -0.15) is 0 Å². The van der Waals surface area contributed by atoms with Crippen LogP contribution in [-0.4, -0.2) is 7.42 Å². The van der Waals surface area contributed by atoms with Gasteiger partial charge in [0.25, 0.3) is 7.42 Å². The highest BCUT2D eigenvalue weighted by Crippen LogP contribution is 2.34. The molecule has 0 N–H and O–H groups in total. The maximum Gasteiger partial charge on any atom is 0.274 e. The number of rotatable bonds is 4. The average molecular weight is 316 g/mol. The van der Waals surface area contributed by atoms with Crippen LogP contribution in [0.15, 0.2) is 48.5 Å². The van der Waals surface area contributed by atoms with Gasteiger partial charge in [-0.3, -0.25) is 0 Å². The van der Waals surface area contributed by atoms with Gasteiger partial charge in [0.15, 0.2) is 0 Å². The van der Waals surface area contributed by atoms with E-state index in [4.69, 9.17) is 22.2 Å². The standard InChI is InChI=1S/C14H11Cl2F2Si/c15-19(16)9-12(10-5-1-3-7-13(10)17)11-6-2-4-8-14(11)18/h1-8,12H,9H2. The molecule has 1 radical (unpaired) electrons. The van der Waals surface area contributed by atoms with Crippen LogP contribution in [0.2, 0.25) is 6.04 Å². The molecule has 0 saturated heterocycles. The zero-order valence-electron chi connectivity index (χ0n) is 9.92. The lowest BCUT2D eigenvalue weighted by Gasteiger charge is -2.19. The normalized spacial score (nSPS) is 11.3. The summed E-state index contributed by atoms with van der Waals surface area (Å²) < 4.78 is 27.8. The van der Waals surface area contributed by atoms with Gasteiger partial charge in [0.1, 0.15) is 11.6 Å². The summed E-state index contributed by atoms with van der Waals surface area (Å²) >= 11 is 11.8. The van der Waals surface area contributed by atoms with Crippen LogP contribution in [0.4, 0.5) is 8.78 Å². The minimum absolute atomic E-state index is 0.357. The van der Waals surface area contributed by atoms with Crippen molar-refractivity contribution in [2.75, 3.05) is 0 Å². The molecule has 0 fully saturated rings. The molecule has 19 heavy (non-hydrogen) atoms. The lowest BCUT2D eigenvalue weighted by atomic mass is 9.92. The van der Waals surface area contributed by atoms with Gasteiger partial charge >= 0.3 is 0 Å². The SMILES string of the molecule is Fc1ccccc1C(C[Si](Cl)Cl)c1ccccc1F. The van der Waals surface area contributed by atoms with Crippen LogP contribution in [0.3, 0.4) is 0 Å². The molecule has 0 aliphatic carbocycles. The van der Waals surface area contributed by atoms with Crippen molar-refractivity contribution in [3.05, 3.63) is 71.3 Å². The molecule has 2 aromatic rings. The van der Waals surface area contributed by atoms with Gasteiger partial charge in [-0.05, 0) is 29.3 Å². The number of hydrogen-bond donors (Lipinski definition) is 0. The monoisotopic (exact) mass is 315 g/mol. The Bertz CT molecular complexity index is 515. The quantitative estimate of drug-likeness (QED) is 0.546. The molecular formula is C14H11Cl2F2Si. The Kier molecular flexibility index (Phi) is 4.97. The van der Waals surface area contributed by atoms with Crippen molar-refractivity contribution < 1.29 is 8.78 Å². The van der Waals surface area contributed by atoms with E-state index in [1.807, 2.05) is 0 Å². The lowest BCUT2D eigenvalue weighted by molar-refractivity contribution is 0.581. The summed E-state index contributed by atoms with van der Waals surface area (Å²) in [4.78, 5) is 0. The first kappa shape index (κ1) is 14.5. The Balaban J connectivity index is 2.48. The second kappa shape index (κ2) is 6.50. The second-order valence-electron chi connectivity index (χ2n) is 4.14. The van der Waals surface area contributed by atoms with Crippen LogP contribution in [0.5, 0.6) is 0 Å². The van der Waals surface area contributed by atoms with E-state index >= 15 is 0 Å². The molecule has 0 nitrogen and oxygen atoms in total. The molecule has 0 spiro atoms. The summed E-state index contributed by atoms with van der Waals surface area (Å²) in [5.74, 6) is -1.19. The van der Waals surface area contributed by atoms with E-state index in [0.29, 0.717) is 17.2 Å². The molecule has 0 heterocycles. The van der Waals surface area contributed by atoms with Crippen molar-refractivity contribution >= 4 is 29.6 Å². The Morgan fingerprint density at radius 3 is 1.63 bits per heavy atom. The molecule has 0 aliphatic rings. The van der Waals surface area contributed by atoms with Crippen LogP contribution in [0, 0.1) is 11.6 Å². The fourth-order valence-corrected chi connectivity index (χ4v) is 3.73. The van der Waals surface area contributed by atoms with E-state index in [1.165, 1.54) is 12.1 Å². The van der Waals surface area contributed by atoms with Gasteiger partial charge < -0.3 is 0 Å². The number of halogens is 4. The molecule has 0 bridgehead atoms. The second-order valence-corrected chi connectivity index (χ2v) is 8.54. The van der Waals surface area contributed by atoms with Crippen LogP contribution in [0.1, 0.15) is 17.0 Å². The van der Waals surface area contributed by atoms with Gasteiger partial charge in [0.05, 0.1) is 0 Å². The van der Waals surface area contributed by atoms with Crippen LogP contribution in [-0.2, 0) is 0 Å². The number of benzene rings is 2. The summed E-state index contributed by atoms with van der Waals surface area (Å²) in [6.45, 7) is 0. The lowest BCUT2D eigenvalue weighted by Crippen LogP contribution is -2.10. The average Bonchev–Trinajstić information content (AvgIpc) is 2.37. The first-order valence-corrected chi connectivity index (χ1v) is 9.48. The molecule has 0 amide bonds. The molecule has 2 aromatic carbocycles.